The van der Waals surface area contributed by atoms with Crippen LogP contribution >= 0.6 is 0 Å². The molecule has 7 N–H and O–H groups in total. The summed E-state index contributed by atoms with van der Waals surface area (Å²) in [4.78, 5) is 19.7. The van der Waals surface area contributed by atoms with Crippen molar-refractivity contribution in [3.8, 4) is 0 Å². The van der Waals surface area contributed by atoms with E-state index in [1.807, 2.05) is 0 Å². The molecule has 0 radical (unpaired) electrons. The zero-order valence-electron chi connectivity index (χ0n) is 10.0. The van der Waals surface area contributed by atoms with Crippen molar-refractivity contribution in [1.82, 2.24) is 0 Å². The summed E-state index contributed by atoms with van der Waals surface area (Å²) in [7, 11) is 0. The average Bonchev–Trinajstić information content (AvgIpc) is 2.35. The van der Waals surface area contributed by atoms with Crippen LogP contribution in [0, 0.1) is 0 Å². The number of carboxylic acid groups (broad SMARTS) is 2. The molecule has 0 rings (SSSR count). The Kier molecular flexibility index (Phi) is 10.9. The number of hydrogen-bond acceptors (Lipinski definition) is 7. The molecule has 0 saturated heterocycles. The largest absolute Gasteiger partial charge is 0.481 e. The molecule has 0 spiro atoms. The highest BCUT2D eigenvalue weighted by Gasteiger charge is 2.22. The van der Waals surface area contributed by atoms with E-state index >= 15 is 0 Å². The fourth-order valence-electron chi connectivity index (χ4n) is 0.731. The number of carbonyl (C=O) groups is 2. The highest BCUT2D eigenvalue weighted by atomic mass is 16.4. The zero-order valence-corrected chi connectivity index (χ0v) is 10.0. The van der Waals surface area contributed by atoms with E-state index in [0.717, 1.165) is 0 Å². The molecule has 0 aliphatic heterocycles. The van der Waals surface area contributed by atoms with Crippen molar-refractivity contribution in [2.24, 2.45) is 0 Å². The van der Waals surface area contributed by atoms with E-state index in [9.17, 15) is 9.59 Å². The molecule has 0 heterocycles. The quantitative estimate of drug-likeness (QED) is 0.242. The number of aliphatic hydroxyl groups is 5. The van der Waals surface area contributed by atoms with Crippen molar-refractivity contribution in [2.45, 2.75) is 24.7 Å². The fourth-order valence-corrected chi connectivity index (χ4v) is 0.731. The first-order valence-electron chi connectivity index (χ1n) is 5.06. The molecule has 1 unspecified atom stereocenters. The second kappa shape index (κ2) is 10.4. The summed E-state index contributed by atoms with van der Waals surface area (Å²) in [6.45, 7) is 1.73. The summed E-state index contributed by atoms with van der Waals surface area (Å²) in [6.07, 6.45) is -4.80. The predicted molar refractivity (Wildman–Crippen MR) is 61.2 cm³/mol. The highest BCUT2D eigenvalue weighted by Crippen LogP contribution is 1.98. The van der Waals surface area contributed by atoms with Gasteiger partial charge in [0.15, 0.2) is 0 Å². The van der Waals surface area contributed by atoms with Gasteiger partial charge in [-0.2, -0.15) is 0 Å². The van der Waals surface area contributed by atoms with E-state index in [4.69, 9.17) is 35.7 Å². The number of carboxylic acids is 2. The van der Waals surface area contributed by atoms with Gasteiger partial charge in [0.2, 0.25) is 0 Å². The van der Waals surface area contributed by atoms with Crippen LogP contribution in [0.5, 0.6) is 0 Å². The van der Waals surface area contributed by atoms with Crippen molar-refractivity contribution in [2.75, 3.05) is 13.2 Å². The molecule has 0 aromatic carbocycles. The van der Waals surface area contributed by atoms with Gasteiger partial charge in [0, 0.05) is 5.57 Å². The molecule has 112 valence electrons. The van der Waals surface area contributed by atoms with Gasteiger partial charge in [-0.1, -0.05) is 6.58 Å². The third-order valence-electron chi connectivity index (χ3n) is 1.83. The molecule has 9 nitrogen and oxygen atoms in total. The van der Waals surface area contributed by atoms with Gasteiger partial charge in [0.05, 0.1) is 19.6 Å². The first-order chi connectivity index (χ1) is 8.67. The Morgan fingerprint density at radius 2 is 1.32 bits per heavy atom. The maximum absolute atomic E-state index is 9.87. The van der Waals surface area contributed by atoms with Crippen LogP contribution in [0.2, 0.25) is 0 Å². The summed E-state index contributed by atoms with van der Waals surface area (Å²) >= 11 is 0. The van der Waals surface area contributed by atoms with Crippen LogP contribution in [0.25, 0.3) is 0 Å². The van der Waals surface area contributed by atoms with Gasteiger partial charge in [-0.3, -0.25) is 4.79 Å². The maximum atomic E-state index is 9.87. The smallest absolute Gasteiger partial charge is 0.331 e. The van der Waals surface area contributed by atoms with E-state index < -0.39 is 49.9 Å². The summed E-state index contributed by atoms with van der Waals surface area (Å²) in [5.74, 6) is -2.44. The monoisotopic (exact) mass is 282 g/mol. The first kappa shape index (κ1) is 19.8. The number of aliphatic carboxylic acids is 2. The van der Waals surface area contributed by atoms with E-state index in [-0.39, 0.29) is 5.57 Å². The molecule has 0 aromatic heterocycles. The highest BCUT2D eigenvalue weighted by molar-refractivity contribution is 5.91. The van der Waals surface area contributed by atoms with Crippen LogP contribution in [-0.2, 0) is 9.59 Å². The lowest BCUT2D eigenvalue weighted by Crippen LogP contribution is -2.41. The third kappa shape index (κ3) is 10.1. The third-order valence-corrected chi connectivity index (χ3v) is 1.83. The second-order valence-electron chi connectivity index (χ2n) is 3.47. The molecule has 0 aliphatic carbocycles. The Morgan fingerprint density at radius 1 is 0.947 bits per heavy atom. The van der Waals surface area contributed by atoms with Crippen LogP contribution in [0.15, 0.2) is 12.2 Å². The summed E-state index contributed by atoms with van der Waals surface area (Å²) < 4.78 is 0. The van der Waals surface area contributed by atoms with Crippen LogP contribution in [0.4, 0.5) is 0 Å². The van der Waals surface area contributed by atoms with Crippen molar-refractivity contribution in [1.29, 1.82) is 0 Å². The van der Waals surface area contributed by atoms with E-state index in [0.29, 0.717) is 0 Å². The minimum atomic E-state index is -1.49. The maximum Gasteiger partial charge on any atom is 0.331 e. The molecule has 19 heavy (non-hydrogen) atoms. The van der Waals surface area contributed by atoms with Gasteiger partial charge in [0.1, 0.15) is 18.3 Å². The zero-order chi connectivity index (χ0) is 15.6. The Bertz CT molecular complexity index is 291. The topological polar surface area (TPSA) is 176 Å². The standard InChI is InChI=1S/C5H12O5.C5H6O4/c6-1-3(8)5(10)4(9)2-7;1-3(5(8)9)2-4(6)7/h3-10H,1-2H2;1-2H2,(H,6,7)(H,8,9)/t3-,4+,5?;. The van der Waals surface area contributed by atoms with Crippen LogP contribution in [0.1, 0.15) is 6.42 Å². The lowest BCUT2D eigenvalue weighted by atomic mass is 10.1. The Hall–Kier alpha value is -1.52. The van der Waals surface area contributed by atoms with Crippen LogP contribution in [0.3, 0.4) is 0 Å². The predicted octanol–water partition coefficient (Wildman–Crippen LogP) is -2.84. The van der Waals surface area contributed by atoms with Gasteiger partial charge >= 0.3 is 11.9 Å². The van der Waals surface area contributed by atoms with Gasteiger partial charge in [-0.25, -0.2) is 4.79 Å². The molecule has 0 aromatic rings. The molecular formula is C10H18O9. The van der Waals surface area contributed by atoms with Crippen molar-refractivity contribution >= 4 is 11.9 Å². The summed E-state index contributed by atoms with van der Waals surface area (Å²) in [5, 5.41) is 58.7. The molecule has 3 atom stereocenters. The SMILES string of the molecule is C=C(CC(=O)O)C(=O)O.OC[C@@H](O)C(O)[C@@H](O)CO. The molecule has 0 fully saturated rings. The number of hydrogen-bond donors (Lipinski definition) is 7. The number of rotatable bonds is 7. The molecular weight excluding hydrogens is 264 g/mol. The van der Waals surface area contributed by atoms with Crippen molar-refractivity contribution in [3.05, 3.63) is 12.2 Å². The molecule has 0 saturated carbocycles. The fraction of sp³-hybridized carbons (Fsp3) is 0.600. The van der Waals surface area contributed by atoms with E-state index in [1.165, 1.54) is 0 Å². The molecule has 9 heteroatoms. The summed E-state index contributed by atoms with van der Waals surface area (Å²) in [6, 6.07) is 0. The van der Waals surface area contributed by atoms with Crippen molar-refractivity contribution in [3.63, 3.8) is 0 Å². The minimum absolute atomic E-state index is 0.303. The number of aliphatic hydroxyl groups excluding tert-OH is 5. The molecule has 0 aliphatic rings. The lowest BCUT2D eigenvalue weighted by Gasteiger charge is -2.19. The van der Waals surface area contributed by atoms with Gasteiger partial charge < -0.3 is 35.7 Å². The van der Waals surface area contributed by atoms with Gasteiger partial charge in [-0.15, -0.1) is 0 Å². The Morgan fingerprint density at radius 3 is 1.47 bits per heavy atom. The second-order valence-corrected chi connectivity index (χ2v) is 3.47. The molecule has 0 bridgehead atoms. The van der Waals surface area contributed by atoms with E-state index in [1.54, 1.807) is 0 Å². The first-order valence-corrected chi connectivity index (χ1v) is 5.06. The normalized spacial score (nSPS) is 14.6. The van der Waals surface area contributed by atoms with Gasteiger partial charge in [-0.05, 0) is 0 Å². The van der Waals surface area contributed by atoms with Crippen LogP contribution in [-0.4, -0.2) is 79.2 Å². The Labute approximate surface area is 108 Å². The average molecular weight is 282 g/mol. The van der Waals surface area contributed by atoms with E-state index in [2.05, 4.69) is 6.58 Å². The lowest BCUT2D eigenvalue weighted by molar-refractivity contribution is -0.139. The minimum Gasteiger partial charge on any atom is -0.481 e. The van der Waals surface area contributed by atoms with Gasteiger partial charge in [0.25, 0.3) is 0 Å². The summed E-state index contributed by atoms with van der Waals surface area (Å²) in [5.41, 5.74) is -0.303. The molecule has 0 amide bonds. The Balaban J connectivity index is 0. The van der Waals surface area contributed by atoms with Crippen LogP contribution < -0.4 is 0 Å². The van der Waals surface area contributed by atoms with Crippen molar-refractivity contribution < 1.29 is 45.3 Å².